The molecule has 0 aliphatic heterocycles. The van der Waals surface area contributed by atoms with Crippen molar-refractivity contribution in [2.24, 2.45) is 0 Å². The van der Waals surface area contributed by atoms with E-state index < -0.39 is 0 Å². The first-order chi connectivity index (χ1) is 7.58. The van der Waals surface area contributed by atoms with Gasteiger partial charge in [0.05, 0.1) is 14.2 Å². The van der Waals surface area contributed by atoms with Crippen molar-refractivity contribution in [1.82, 2.24) is 0 Å². The maximum Gasteiger partial charge on any atom is 0.123 e. The lowest BCUT2D eigenvalue weighted by Gasteiger charge is -2.06. The summed E-state index contributed by atoms with van der Waals surface area (Å²) in [6.45, 7) is 0. The molecule has 0 N–H and O–H groups in total. The smallest absolute Gasteiger partial charge is 0.123 e. The normalized spacial score (nSPS) is 12.8. The minimum Gasteiger partial charge on any atom is -0.207 e. The van der Waals surface area contributed by atoms with Gasteiger partial charge in [-0.1, -0.05) is 23.7 Å². The van der Waals surface area contributed by atoms with Crippen LogP contribution in [0, 0.1) is 5.82 Å². The van der Waals surface area contributed by atoms with Crippen molar-refractivity contribution >= 4 is 50.5 Å². The molecule has 0 saturated heterocycles. The molecule has 0 radical (unpaired) electrons. The van der Waals surface area contributed by atoms with Crippen LogP contribution in [-0.2, 0) is 0 Å². The Bertz CT molecular complexity index is 493. The van der Waals surface area contributed by atoms with E-state index >= 15 is 0 Å². The van der Waals surface area contributed by atoms with Crippen molar-refractivity contribution in [3.63, 3.8) is 0 Å². The molecule has 84 valence electrons. The zero-order valence-corrected chi connectivity index (χ0v) is 11.8. The highest BCUT2D eigenvalue weighted by atomic mass is 79.9. The van der Waals surface area contributed by atoms with Gasteiger partial charge in [-0.3, -0.25) is 0 Å². The van der Waals surface area contributed by atoms with Gasteiger partial charge in [0, 0.05) is 4.88 Å². The van der Waals surface area contributed by atoms with Gasteiger partial charge in [-0.2, -0.15) is 0 Å². The Labute approximate surface area is 115 Å². The number of hydrogen-bond acceptors (Lipinski definition) is 1. The van der Waals surface area contributed by atoms with Crippen LogP contribution < -0.4 is 0 Å². The number of halogens is 4. The third kappa shape index (κ3) is 2.59. The molecule has 0 saturated carbocycles. The van der Waals surface area contributed by atoms with Gasteiger partial charge in [0.2, 0.25) is 0 Å². The van der Waals surface area contributed by atoms with Gasteiger partial charge in [0.25, 0.3) is 0 Å². The summed E-state index contributed by atoms with van der Waals surface area (Å²) in [5, 5.41) is 0.256. The molecule has 1 unspecified atom stereocenters. The van der Waals surface area contributed by atoms with Crippen molar-refractivity contribution in [3.8, 4) is 0 Å². The number of benzene rings is 1. The van der Waals surface area contributed by atoms with Crippen LogP contribution >= 0.6 is 50.5 Å². The summed E-state index contributed by atoms with van der Waals surface area (Å²) in [5.74, 6) is -0.287. The van der Waals surface area contributed by atoms with E-state index in [9.17, 15) is 4.39 Å². The van der Waals surface area contributed by atoms with Gasteiger partial charge in [-0.25, -0.2) is 4.39 Å². The first kappa shape index (κ1) is 12.4. The second-order valence-corrected chi connectivity index (χ2v) is 6.43. The molecule has 1 aromatic heterocycles. The third-order valence-electron chi connectivity index (χ3n) is 2.06. The molecule has 0 fully saturated rings. The van der Waals surface area contributed by atoms with Crippen LogP contribution in [0.15, 0.2) is 34.1 Å². The van der Waals surface area contributed by atoms with Crippen LogP contribution in [0.1, 0.15) is 15.8 Å². The molecule has 2 aromatic rings. The molecular formula is C11H6BrCl2FS. The van der Waals surface area contributed by atoms with Crippen LogP contribution in [0.2, 0.25) is 5.02 Å². The van der Waals surface area contributed by atoms with Crippen molar-refractivity contribution in [3.05, 3.63) is 55.4 Å². The number of thiophene rings is 1. The minimum absolute atomic E-state index is 0.287. The summed E-state index contributed by atoms with van der Waals surface area (Å²) in [5.41, 5.74) is 0.729. The van der Waals surface area contributed by atoms with Gasteiger partial charge in [-0.05, 0) is 39.7 Å². The van der Waals surface area contributed by atoms with Crippen molar-refractivity contribution in [2.45, 2.75) is 5.38 Å². The van der Waals surface area contributed by atoms with E-state index in [1.807, 2.05) is 0 Å². The van der Waals surface area contributed by atoms with Gasteiger partial charge < -0.3 is 0 Å². The molecule has 0 amide bonds. The highest BCUT2D eigenvalue weighted by molar-refractivity contribution is 9.11. The summed E-state index contributed by atoms with van der Waals surface area (Å²) < 4.78 is 13.9. The van der Waals surface area contributed by atoms with Crippen LogP contribution in [0.3, 0.4) is 0 Å². The molecule has 5 heteroatoms. The lowest BCUT2D eigenvalue weighted by molar-refractivity contribution is 0.626. The Morgan fingerprint density at radius 2 is 2.06 bits per heavy atom. The van der Waals surface area contributed by atoms with E-state index in [4.69, 9.17) is 23.2 Å². The lowest BCUT2D eigenvalue weighted by atomic mass is 10.1. The van der Waals surface area contributed by atoms with E-state index in [0.717, 1.165) is 14.2 Å². The summed E-state index contributed by atoms with van der Waals surface area (Å²) in [6, 6.07) is 8.05. The highest BCUT2D eigenvalue weighted by Crippen LogP contribution is 2.40. The summed E-state index contributed by atoms with van der Waals surface area (Å²) >= 11 is 17.0. The molecule has 1 heterocycles. The maximum absolute atomic E-state index is 13.0. The van der Waals surface area contributed by atoms with Crippen molar-refractivity contribution in [1.29, 1.82) is 0 Å². The lowest BCUT2D eigenvalue weighted by Crippen LogP contribution is -1.90. The van der Waals surface area contributed by atoms with Crippen LogP contribution in [0.25, 0.3) is 0 Å². The summed E-state index contributed by atoms with van der Waals surface area (Å²) in [7, 11) is 0. The average molecular weight is 340 g/mol. The average Bonchev–Trinajstić information content (AvgIpc) is 2.58. The third-order valence-corrected chi connectivity index (χ3v) is 5.21. The Hall–Kier alpha value is -0.0900. The van der Waals surface area contributed by atoms with Crippen molar-refractivity contribution < 1.29 is 4.39 Å². The Morgan fingerprint density at radius 1 is 1.31 bits per heavy atom. The fourth-order valence-electron chi connectivity index (χ4n) is 1.32. The van der Waals surface area contributed by atoms with E-state index in [1.165, 1.54) is 23.5 Å². The Kier molecular flexibility index (Phi) is 3.90. The van der Waals surface area contributed by atoms with Crippen LogP contribution in [0.4, 0.5) is 4.39 Å². The maximum atomic E-state index is 13.0. The Morgan fingerprint density at radius 3 is 2.62 bits per heavy atom. The van der Waals surface area contributed by atoms with Gasteiger partial charge in [-0.15, -0.1) is 22.9 Å². The first-order valence-electron chi connectivity index (χ1n) is 4.42. The number of hydrogen-bond donors (Lipinski definition) is 0. The zero-order chi connectivity index (χ0) is 11.7. The second-order valence-electron chi connectivity index (χ2n) is 3.19. The topological polar surface area (TPSA) is 0 Å². The van der Waals surface area contributed by atoms with Crippen LogP contribution in [-0.4, -0.2) is 0 Å². The number of rotatable bonds is 2. The molecule has 16 heavy (non-hydrogen) atoms. The quantitative estimate of drug-likeness (QED) is 0.622. The minimum atomic E-state index is -0.371. The fraction of sp³-hybridized carbons (Fsp3) is 0.0909. The fourth-order valence-corrected chi connectivity index (χ4v) is 3.40. The highest BCUT2D eigenvalue weighted by Gasteiger charge is 2.15. The standard InChI is InChI=1S/C11H6BrCl2FS/c12-11-8(13)5-9(16-11)10(14)6-2-1-3-7(15)4-6/h1-5,10H. The summed E-state index contributed by atoms with van der Waals surface area (Å²) in [6.07, 6.45) is 0. The molecule has 2 rings (SSSR count). The van der Waals surface area contributed by atoms with Gasteiger partial charge in [0.1, 0.15) is 5.82 Å². The summed E-state index contributed by atoms with van der Waals surface area (Å²) in [4.78, 5) is 0.893. The van der Waals surface area contributed by atoms with Gasteiger partial charge >= 0.3 is 0 Å². The molecule has 1 atom stereocenters. The predicted molar refractivity (Wildman–Crippen MR) is 71.1 cm³/mol. The number of alkyl halides is 1. The van der Waals surface area contributed by atoms with Crippen LogP contribution in [0.5, 0.6) is 0 Å². The van der Waals surface area contributed by atoms with E-state index in [0.29, 0.717) is 5.02 Å². The van der Waals surface area contributed by atoms with Gasteiger partial charge in [0.15, 0.2) is 0 Å². The molecule has 0 nitrogen and oxygen atoms in total. The molecule has 0 aliphatic carbocycles. The SMILES string of the molecule is Fc1cccc(C(Cl)c2cc(Cl)c(Br)s2)c1. The largest absolute Gasteiger partial charge is 0.207 e. The molecule has 0 spiro atoms. The van der Waals surface area contributed by atoms with E-state index in [1.54, 1.807) is 18.2 Å². The first-order valence-corrected chi connectivity index (χ1v) is 6.84. The molecule has 0 aliphatic rings. The molecule has 0 bridgehead atoms. The Balaban J connectivity index is 2.35. The second kappa shape index (κ2) is 5.05. The predicted octanol–water partition coefficient (Wildman–Crippen LogP) is 5.63. The molecule has 1 aromatic carbocycles. The van der Waals surface area contributed by atoms with E-state index in [2.05, 4.69) is 15.9 Å². The van der Waals surface area contributed by atoms with Crippen molar-refractivity contribution in [2.75, 3.05) is 0 Å². The molecular weight excluding hydrogens is 334 g/mol. The van der Waals surface area contributed by atoms with E-state index in [-0.39, 0.29) is 11.2 Å². The monoisotopic (exact) mass is 338 g/mol. The zero-order valence-electron chi connectivity index (χ0n) is 7.88.